The number of rotatable bonds is 8. The van der Waals surface area contributed by atoms with Crippen LogP contribution in [0.3, 0.4) is 0 Å². The number of esters is 1. The van der Waals surface area contributed by atoms with Crippen LogP contribution >= 0.6 is 0 Å². The lowest BCUT2D eigenvalue weighted by Crippen LogP contribution is -2.37. The molecule has 0 bridgehead atoms. The van der Waals surface area contributed by atoms with Crippen LogP contribution in [0.15, 0.2) is 54.6 Å². The Morgan fingerprint density at radius 2 is 1.69 bits per heavy atom. The average molecular weight is 476 g/mol. The number of carbonyl (C=O) groups is 2. The maximum atomic E-state index is 12.8. The topological polar surface area (TPSA) is 96.5 Å². The monoisotopic (exact) mass is 475 g/mol. The van der Waals surface area contributed by atoms with Crippen molar-refractivity contribution in [3.05, 3.63) is 60.2 Å². The fraction of sp³-hybridized carbons (Fsp3) is 0.407. The summed E-state index contributed by atoms with van der Waals surface area (Å²) in [6.07, 6.45) is 2.98. The number of ether oxygens (including phenoxy) is 1. The molecular weight excluding hydrogens is 442 g/mol. The lowest BCUT2D eigenvalue weighted by atomic mass is 9.86. The summed E-state index contributed by atoms with van der Waals surface area (Å²) in [5, 5.41) is 7.55. The molecule has 0 radical (unpaired) electrons. The van der Waals surface area contributed by atoms with Gasteiger partial charge in [-0.2, -0.15) is 4.98 Å². The molecule has 35 heavy (non-hydrogen) atoms. The first-order valence-corrected chi connectivity index (χ1v) is 12.1. The number of amides is 1. The van der Waals surface area contributed by atoms with E-state index in [1.807, 2.05) is 61.5 Å². The summed E-state index contributed by atoms with van der Waals surface area (Å²) in [4.78, 5) is 35.8. The zero-order valence-electron chi connectivity index (χ0n) is 20.5. The maximum Gasteiger partial charge on any atom is 0.303 e. The highest BCUT2D eigenvalue weighted by Crippen LogP contribution is 2.28. The quantitative estimate of drug-likeness (QED) is 0.474. The van der Waals surface area contributed by atoms with Crippen LogP contribution in [0.2, 0.25) is 0 Å². The first kappa shape index (κ1) is 24.4. The van der Waals surface area contributed by atoms with Gasteiger partial charge < -0.3 is 20.3 Å². The Bertz CT molecular complexity index is 1160. The molecule has 1 saturated carbocycles. The van der Waals surface area contributed by atoms with Crippen LogP contribution in [-0.2, 0) is 14.3 Å². The molecule has 0 aliphatic heterocycles. The fourth-order valence-corrected chi connectivity index (χ4v) is 4.56. The predicted molar refractivity (Wildman–Crippen MR) is 137 cm³/mol. The van der Waals surface area contributed by atoms with Gasteiger partial charge in [-0.1, -0.05) is 42.5 Å². The first-order chi connectivity index (χ1) is 16.9. The van der Waals surface area contributed by atoms with Gasteiger partial charge in [-0.05, 0) is 43.7 Å². The van der Waals surface area contributed by atoms with Gasteiger partial charge >= 0.3 is 5.97 Å². The number of anilines is 2. The molecule has 1 aliphatic carbocycles. The van der Waals surface area contributed by atoms with E-state index in [0.717, 1.165) is 42.4 Å². The van der Waals surface area contributed by atoms with Gasteiger partial charge in [0.05, 0.1) is 5.52 Å². The summed E-state index contributed by atoms with van der Waals surface area (Å²) in [6, 6.07) is 17.4. The number of benzene rings is 2. The van der Waals surface area contributed by atoms with E-state index in [0.29, 0.717) is 24.0 Å². The molecule has 3 aromatic rings. The number of para-hydroxylation sites is 1. The fourth-order valence-electron chi connectivity index (χ4n) is 4.56. The highest BCUT2D eigenvalue weighted by molar-refractivity contribution is 5.90. The van der Waals surface area contributed by atoms with E-state index < -0.39 is 12.1 Å². The molecule has 4 rings (SSSR count). The van der Waals surface area contributed by atoms with Gasteiger partial charge in [0.25, 0.3) is 5.91 Å². The van der Waals surface area contributed by atoms with E-state index in [4.69, 9.17) is 14.7 Å². The Morgan fingerprint density at radius 1 is 1.00 bits per heavy atom. The lowest BCUT2D eigenvalue weighted by molar-refractivity contribution is -0.154. The van der Waals surface area contributed by atoms with Gasteiger partial charge in [0.15, 0.2) is 0 Å². The molecule has 8 nitrogen and oxygen atoms in total. The van der Waals surface area contributed by atoms with Crippen molar-refractivity contribution in [2.24, 2.45) is 5.92 Å². The minimum atomic E-state index is -0.928. The van der Waals surface area contributed by atoms with Crippen molar-refractivity contribution in [2.75, 3.05) is 30.9 Å². The number of nitrogens with zero attached hydrogens (tertiary/aromatic N) is 3. The van der Waals surface area contributed by atoms with Crippen molar-refractivity contribution >= 4 is 34.5 Å². The smallest absolute Gasteiger partial charge is 0.303 e. The van der Waals surface area contributed by atoms with Gasteiger partial charge in [0.1, 0.15) is 5.82 Å². The molecule has 1 atom stereocenters. The van der Waals surface area contributed by atoms with Gasteiger partial charge in [-0.15, -0.1) is 0 Å². The van der Waals surface area contributed by atoms with Gasteiger partial charge in [-0.25, -0.2) is 4.98 Å². The second-order valence-corrected chi connectivity index (χ2v) is 9.29. The molecule has 1 aliphatic rings. The van der Waals surface area contributed by atoms with Crippen molar-refractivity contribution in [1.82, 2.24) is 15.3 Å². The van der Waals surface area contributed by atoms with Crippen molar-refractivity contribution in [1.29, 1.82) is 0 Å². The predicted octanol–water partition coefficient (Wildman–Crippen LogP) is 4.09. The second kappa shape index (κ2) is 11.2. The summed E-state index contributed by atoms with van der Waals surface area (Å²) in [6.45, 7) is 1.88. The Balaban J connectivity index is 1.31. The number of hydrogen-bond acceptors (Lipinski definition) is 7. The molecule has 2 aromatic carbocycles. The zero-order chi connectivity index (χ0) is 24.8. The van der Waals surface area contributed by atoms with Crippen LogP contribution in [-0.4, -0.2) is 48.5 Å². The van der Waals surface area contributed by atoms with Crippen LogP contribution in [0, 0.1) is 5.92 Å². The van der Waals surface area contributed by atoms with Crippen molar-refractivity contribution in [3.63, 3.8) is 0 Å². The highest BCUT2D eigenvalue weighted by atomic mass is 16.5. The van der Waals surface area contributed by atoms with Crippen LogP contribution in [0.1, 0.15) is 44.3 Å². The van der Waals surface area contributed by atoms with Crippen LogP contribution < -0.4 is 15.5 Å². The largest absolute Gasteiger partial charge is 0.447 e. The molecule has 1 heterocycles. The lowest BCUT2D eigenvalue weighted by Gasteiger charge is -2.30. The van der Waals surface area contributed by atoms with Gasteiger partial charge in [0.2, 0.25) is 12.1 Å². The number of aromatic nitrogens is 2. The number of carbonyl (C=O) groups excluding carboxylic acids is 2. The van der Waals surface area contributed by atoms with E-state index in [-0.39, 0.29) is 11.9 Å². The van der Waals surface area contributed by atoms with Crippen molar-refractivity contribution in [3.8, 4) is 0 Å². The van der Waals surface area contributed by atoms with Crippen LogP contribution in [0.5, 0.6) is 0 Å². The molecular formula is C27H33N5O3. The molecule has 0 spiro atoms. The highest BCUT2D eigenvalue weighted by Gasteiger charge is 2.26. The normalized spacial score (nSPS) is 18.5. The molecule has 8 heteroatoms. The number of fused-ring (bicyclic) bond motifs is 1. The standard InChI is InChI=1S/C27H33N5O3/c1-18(33)35-24(20-9-5-4-6-10-20)26(34)28-17-19-13-15-21(16-14-19)29-27-30-23-12-8-7-11-22(23)25(31-27)32(2)3/h4-12,19,21,24H,13-17H2,1-3H3,(H,28,34)(H,29,30,31). The minimum Gasteiger partial charge on any atom is -0.447 e. The Morgan fingerprint density at radius 3 is 2.37 bits per heavy atom. The van der Waals surface area contributed by atoms with Gasteiger partial charge in [-0.3, -0.25) is 9.59 Å². The third kappa shape index (κ3) is 6.26. The summed E-state index contributed by atoms with van der Waals surface area (Å²) < 4.78 is 5.30. The number of hydrogen-bond donors (Lipinski definition) is 2. The van der Waals surface area contributed by atoms with E-state index in [9.17, 15) is 9.59 Å². The Hall–Kier alpha value is -3.68. The minimum absolute atomic E-state index is 0.285. The van der Waals surface area contributed by atoms with Crippen LogP contribution in [0.4, 0.5) is 11.8 Å². The molecule has 184 valence electrons. The Labute approximate surface area is 206 Å². The van der Waals surface area contributed by atoms with Gasteiger partial charge in [0, 0.05) is 44.6 Å². The van der Waals surface area contributed by atoms with E-state index in [1.165, 1.54) is 6.92 Å². The van der Waals surface area contributed by atoms with E-state index in [1.54, 1.807) is 12.1 Å². The number of nitrogens with one attached hydrogen (secondary N) is 2. The third-order valence-electron chi connectivity index (χ3n) is 6.38. The molecule has 2 N–H and O–H groups in total. The molecule has 1 aromatic heterocycles. The molecule has 1 unspecified atom stereocenters. The van der Waals surface area contributed by atoms with Crippen LogP contribution in [0.25, 0.3) is 10.9 Å². The molecule has 1 fully saturated rings. The van der Waals surface area contributed by atoms with E-state index >= 15 is 0 Å². The first-order valence-electron chi connectivity index (χ1n) is 12.1. The third-order valence-corrected chi connectivity index (χ3v) is 6.38. The molecule has 1 amide bonds. The Kier molecular flexibility index (Phi) is 7.80. The zero-order valence-corrected chi connectivity index (χ0v) is 20.5. The summed E-state index contributed by atoms with van der Waals surface area (Å²) >= 11 is 0. The summed E-state index contributed by atoms with van der Waals surface area (Å²) in [5.41, 5.74) is 1.59. The van der Waals surface area contributed by atoms with Crippen molar-refractivity contribution < 1.29 is 14.3 Å². The second-order valence-electron chi connectivity index (χ2n) is 9.29. The molecule has 0 saturated heterocycles. The van der Waals surface area contributed by atoms with E-state index in [2.05, 4.69) is 10.6 Å². The maximum absolute atomic E-state index is 12.8. The SMILES string of the molecule is CC(=O)OC(C(=O)NCC1CCC(Nc2nc(N(C)C)c3ccccc3n2)CC1)c1ccccc1. The summed E-state index contributed by atoms with van der Waals surface area (Å²) in [5.74, 6) is 1.16. The van der Waals surface area contributed by atoms with Crippen molar-refractivity contribution in [2.45, 2.75) is 44.8 Å². The summed E-state index contributed by atoms with van der Waals surface area (Å²) in [7, 11) is 3.98. The average Bonchev–Trinajstić information content (AvgIpc) is 2.86.